The number of amides is 1. The molecular weight excluding hydrogens is 324 g/mol. The highest BCUT2D eigenvalue weighted by molar-refractivity contribution is 7.17. The monoisotopic (exact) mass is 354 g/mol. The second-order valence-corrected chi connectivity index (χ2v) is 9.81. The summed E-state index contributed by atoms with van der Waals surface area (Å²) in [5, 5.41) is 14.2. The zero-order valence-corrected chi connectivity index (χ0v) is 16.6. The average Bonchev–Trinajstić information content (AvgIpc) is 2.71. The molecule has 1 atom stereocenters. The van der Waals surface area contributed by atoms with Crippen LogP contribution in [0.15, 0.2) is 0 Å². The van der Waals surface area contributed by atoms with Gasteiger partial charge >= 0.3 is 0 Å². The first-order valence-electron chi connectivity index (χ1n) is 8.33. The minimum atomic E-state index is -0.530. The number of carbonyl (C=O) groups is 1. The van der Waals surface area contributed by atoms with Crippen molar-refractivity contribution in [3.63, 3.8) is 0 Å². The van der Waals surface area contributed by atoms with E-state index in [-0.39, 0.29) is 11.0 Å². The minimum absolute atomic E-state index is 0.235. The summed E-state index contributed by atoms with van der Waals surface area (Å²) < 4.78 is 6.20. The van der Waals surface area contributed by atoms with E-state index in [4.69, 9.17) is 10.5 Å². The molecule has 0 saturated carbocycles. The quantitative estimate of drug-likeness (QED) is 0.775. The number of primary amides is 1. The van der Waals surface area contributed by atoms with Gasteiger partial charge in [-0.3, -0.25) is 4.79 Å². The zero-order valence-electron chi connectivity index (χ0n) is 15.7. The highest BCUT2D eigenvalue weighted by Crippen LogP contribution is 2.48. The fraction of sp³-hybridized carbons (Fsp3) is 0.722. The van der Waals surface area contributed by atoms with E-state index in [9.17, 15) is 9.90 Å². The zero-order chi connectivity index (χ0) is 18.5. The third-order valence-electron chi connectivity index (χ3n) is 4.39. The maximum atomic E-state index is 12.1. The number of nitrogens with two attached hydrogens (primary N) is 1. The number of hydrogen-bond donors (Lipinski definition) is 3. The van der Waals surface area contributed by atoms with Gasteiger partial charge in [0.2, 0.25) is 0 Å². The molecule has 0 saturated heterocycles. The Morgan fingerprint density at radius 1 is 1.38 bits per heavy atom. The molecule has 2 heterocycles. The van der Waals surface area contributed by atoms with Gasteiger partial charge in [0.1, 0.15) is 5.00 Å². The number of fused-ring (bicyclic) bond motifs is 1. The first-order valence-corrected chi connectivity index (χ1v) is 9.14. The summed E-state index contributed by atoms with van der Waals surface area (Å²) in [5.74, 6) is -0.436. The summed E-state index contributed by atoms with van der Waals surface area (Å²) >= 11 is 1.50. The minimum Gasteiger partial charge on any atom is -0.391 e. The van der Waals surface area contributed by atoms with Crippen molar-refractivity contribution in [1.82, 2.24) is 0 Å². The van der Waals surface area contributed by atoms with Gasteiger partial charge in [0.15, 0.2) is 0 Å². The molecule has 1 amide bonds. The molecule has 0 aliphatic carbocycles. The number of nitrogens with one attached hydrogen (secondary N) is 1. The topological polar surface area (TPSA) is 84.6 Å². The van der Waals surface area contributed by atoms with E-state index >= 15 is 0 Å². The molecular formula is C18H30N2O3S. The molecule has 1 aliphatic rings. The SMILES string of the molecule is CC1(C)Cc2c(sc(NCC(O)C(C)(C)C)c2C(N)=O)C(C)(C)O1. The van der Waals surface area contributed by atoms with Gasteiger partial charge in [0.05, 0.1) is 22.9 Å². The highest BCUT2D eigenvalue weighted by Gasteiger charge is 2.42. The lowest BCUT2D eigenvalue weighted by atomic mass is 9.86. The van der Waals surface area contributed by atoms with Gasteiger partial charge in [0, 0.05) is 17.8 Å². The Hall–Kier alpha value is -1.11. The third kappa shape index (κ3) is 3.76. The number of carbonyl (C=O) groups excluding carboxylic acids is 1. The molecule has 2 rings (SSSR count). The molecule has 1 aromatic rings. The lowest BCUT2D eigenvalue weighted by Crippen LogP contribution is -2.42. The Morgan fingerprint density at radius 3 is 2.46 bits per heavy atom. The van der Waals surface area contributed by atoms with Gasteiger partial charge in [0.25, 0.3) is 5.91 Å². The van der Waals surface area contributed by atoms with Crippen LogP contribution in [-0.4, -0.2) is 29.3 Å². The van der Waals surface area contributed by atoms with Crippen LogP contribution in [0.3, 0.4) is 0 Å². The Balaban J connectivity index is 2.41. The van der Waals surface area contributed by atoms with Crippen molar-refractivity contribution in [3.05, 3.63) is 16.0 Å². The molecule has 0 bridgehead atoms. The molecule has 5 nitrogen and oxygen atoms in total. The summed E-state index contributed by atoms with van der Waals surface area (Å²) in [6.07, 6.45) is 0.113. The molecule has 1 unspecified atom stereocenters. The molecule has 1 aliphatic heterocycles. The standard InChI is InChI=1S/C18H30N2O3S/c1-16(2,3)11(21)9-20-15-12(14(19)22)10-8-17(4,5)23-18(6,7)13(10)24-15/h11,20-21H,8-9H2,1-7H3,(H2,19,22). The maximum absolute atomic E-state index is 12.1. The van der Waals surface area contributed by atoms with Crippen molar-refractivity contribution in [3.8, 4) is 0 Å². The first-order chi connectivity index (χ1) is 10.7. The number of aliphatic hydroxyl groups excluding tert-OH is 1. The molecule has 0 radical (unpaired) electrons. The van der Waals surface area contributed by atoms with E-state index in [2.05, 4.69) is 5.32 Å². The number of hydrogen-bond acceptors (Lipinski definition) is 5. The van der Waals surface area contributed by atoms with Crippen molar-refractivity contribution >= 4 is 22.2 Å². The van der Waals surface area contributed by atoms with Crippen molar-refractivity contribution in [1.29, 1.82) is 0 Å². The second kappa shape index (κ2) is 6.00. The van der Waals surface area contributed by atoms with Gasteiger partial charge < -0.3 is 20.9 Å². The Morgan fingerprint density at radius 2 is 1.96 bits per heavy atom. The number of rotatable bonds is 4. The van der Waals surface area contributed by atoms with E-state index in [1.807, 2.05) is 48.5 Å². The van der Waals surface area contributed by atoms with Crippen molar-refractivity contribution in [2.45, 2.75) is 72.2 Å². The van der Waals surface area contributed by atoms with Crippen LogP contribution >= 0.6 is 11.3 Å². The summed E-state index contributed by atoms with van der Waals surface area (Å²) in [6.45, 7) is 14.4. The molecule has 0 aromatic carbocycles. The maximum Gasteiger partial charge on any atom is 0.251 e. The average molecular weight is 355 g/mol. The number of ether oxygens (including phenoxy) is 1. The van der Waals surface area contributed by atoms with E-state index in [0.717, 1.165) is 15.4 Å². The molecule has 1 aromatic heterocycles. The summed E-state index contributed by atoms with van der Waals surface area (Å²) in [6, 6.07) is 0. The Labute approximate surface area is 148 Å². The third-order valence-corrected chi connectivity index (χ3v) is 5.88. The van der Waals surface area contributed by atoms with Gasteiger partial charge in [-0.1, -0.05) is 20.8 Å². The number of anilines is 1. The second-order valence-electron chi connectivity index (χ2n) is 8.79. The van der Waals surface area contributed by atoms with E-state index < -0.39 is 17.6 Å². The molecule has 0 fully saturated rings. The lowest BCUT2D eigenvalue weighted by molar-refractivity contribution is -0.135. The molecule has 24 heavy (non-hydrogen) atoms. The van der Waals surface area contributed by atoms with Gasteiger partial charge in [-0.05, 0) is 38.7 Å². The van der Waals surface area contributed by atoms with Crippen LogP contribution in [0.2, 0.25) is 0 Å². The van der Waals surface area contributed by atoms with Crippen LogP contribution in [0.1, 0.15) is 69.3 Å². The van der Waals surface area contributed by atoms with E-state index in [1.165, 1.54) is 11.3 Å². The summed E-state index contributed by atoms with van der Waals surface area (Å²) in [4.78, 5) is 13.1. The van der Waals surface area contributed by atoms with Crippen LogP contribution in [-0.2, 0) is 16.8 Å². The van der Waals surface area contributed by atoms with Crippen molar-refractivity contribution < 1.29 is 14.6 Å². The molecule has 136 valence electrons. The van der Waals surface area contributed by atoms with Crippen LogP contribution in [0, 0.1) is 5.41 Å². The fourth-order valence-electron chi connectivity index (χ4n) is 3.20. The summed E-state index contributed by atoms with van der Waals surface area (Å²) in [7, 11) is 0. The number of aliphatic hydroxyl groups is 1. The predicted molar refractivity (Wildman–Crippen MR) is 98.7 cm³/mol. The van der Waals surface area contributed by atoms with Crippen LogP contribution in [0.4, 0.5) is 5.00 Å². The van der Waals surface area contributed by atoms with Crippen LogP contribution < -0.4 is 11.1 Å². The predicted octanol–water partition coefficient (Wildman–Crippen LogP) is 3.25. The van der Waals surface area contributed by atoms with Gasteiger partial charge in [-0.2, -0.15) is 0 Å². The molecule has 0 spiro atoms. The van der Waals surface area contributed by atoms with E-state index in [1.54, 1.807) is 0 Å². The first kappa shape index (κ1) is 19.2. The smallest absolute Gasteiger partial charge is 0.251 e. The summed E-state index contributed by atoms with van der Waals surface area (Å²) in [5.41, 5.74) is 6.12. The Bertz CT molecular complexity index is 641. The van der Waals surface area contributed by atoms with Crippen LogP contribution in [0.5, 0.6) is 0 Å². The Kier molecular flexibility index (Phi) is 4.81. The highest BCUT2D eigenvalue weighted by atomic mass is 32.1. The van der Waals surface area contributed by atoms with Gasteiger partial charge in [-0.25, -0.2) is 0 Å². The van der Waals surface area contributed by atoms with Crippen molar-refractivity contribution in [2.24, 2.45) is 11.1 Å². The number of thiophene rings is 1. The van der Waals surface area contributed by atoms with Crippen molar-refractivity contribution in [2.75, 3.05) is 11.9 Å². The van der Waals surface area contributed by atoms with Gasteiger partial charge in [-0.15, -0.1) is 11.3 Å². The fourth-order valence-corrected chi connectivity index (χ4v) is 4.47. The molecule has 4 N–H and O–H groups in total. The van der Waals surface area contributed by atoms with Crippen LogP contribution in [0.25, 0.3) is 0 Å². The normalized spacial score (nSPS) is 20.3. The molecule has 6 heteroatoms. The van der Waals surface area contributed by atoms with E-state index in [0.29, 0.717) is 18.5 Å². The lowest BCUT2D eigenvalue weighted by Gasteiger charge is -2.41. The largest absolute Gasteiger partial charge is 0.391 e.